The number of ether oxygens (including phenoxy) is 1. The molecule has 0 saturated heterocycles. The summed E-state index contributed by atoms with van der Waals surface area (Å²) in [5, 5.41) is 4.97. The van der Waals surface area contributed by atoms with Crippen molar-refractivity contribution in [1.29, 1.82) is 0 Å². The van der Waals surface area contributed by atoms with Gasteiger partial charge in [-0.05, 0) is 31.5 Å². The zero-order valence-electron chi connectivity index (χ0n) is 12.7. The SMILES string of the molecule is COCCNCC(C)=Cc1cc2ccc(C)cc2nc1Cl. The molecule has 0 atom stereocenters. The molecular formula is C17H21ClN2O. The summed E-state index contributed by atoms with van der Waals surface area (Å²) in [6.07, 6.45) is 2.08. The van der Waals surface area contributed by atoms with Gasteiger partial charge in [-0.1, -0.05) is 35.4 Å². The van der Waals surface area contributed by atoms with Crippen molar-refractivity contribution in [3.63, 3.8) is 0 Å². The molecule has 3 nitrogen and oxygen atoms in total. The molecule has 0 unspecified atom stereocenters. The van der Waals surface area contributed by atoms with Gasteiger partial charge in [0.1, 0.15) is 5.15 Å². The highest BCUT2D eigenvalue weighted by Gasteiger charge is 2.04. The smallest absolute Gasteiger partial charge is 0.136 e. The van der Waals surface area contributed by atoms with Crippen molar-refractivity contribution in [2.24, 2.45) is 0 Å². The summed E-state index contributed by atoms with van der Waals surface area (Å²) in [6, 6.07) is 8.30. The average Bonchev–Trinajstić information content (AvgIpc) is 2.45. The van der Waals surface area contributed by atoms with Gasteiger partial charge in [0.2, 0.25) is 0 Å². The first kappa shape index (κ1) is 16.0. The summed E-state index contributed by atoms with van der Waals surface area (Å²) in [7, 11) is 1.70. The summed E-state index contributed by atoms with van der Waals surface area (Å²) >= 11 is 6.29. The van der Waals surface area contributed by atoms with Crippen LogP contribution in [0.3, 0.4) is 0 Å². The standard InChI is InChI=1S/C17H21ClN2O/c1-12-4-5-14-10-15(17(18)20-16(14)9-12)8-13(2)11-19-6-7-21-3/h4-5,8-10,19H,6-7,11H2,1-3H3. The first-order valence-electron chi connectivity index (χ1n) is 7.04. The fourth-order valence-electron chi connectivity index (χ4n) is 2.15. The molecule has 0 aliphatic carbocycles. The van der Waals surface area contributed by atoms with Crippen molar-refractivity contribution >= 4 is 28.6 Å². The number of pyridine rings is 1. The maximum Gasteiger partial charge on any atom is 0.136 e. The van der Waals surface area contributed by atoms with Crippen molar-refractivity contribution in [3.05, 3.63) is 46.1 Å². The van der Waals surface area contributed by atoms with Gasteiger partial charge in [0.05, 0.1) is 12.1 Å². The van der Waals surface area contributed by atoms with Crippen LogP contribution in [-0.4, -0.2) is 31.8 Å². The van der Waals surface area contributed by atoms with Crippen molar-refractivity contribution in [3.8, 4) is 0 Å². The molecule has 1 aromatic carbocycles. The largest absolute Gasteiger partial charge is 0.383 e. The van der Waals surface area contributed by atoms with Gasteiger partial charge in [-0.3, -0.25) is 0 Å². The van der Waals surface area contributed by atoms with E-state index in [9.17, 15) is 0 Å². The average molecular weight is 305 g/mol. The summed E-state index contributed by atoms with van der Waals surface area (Å²) in [4.78, 5) is 4.48. The predicted octanol–water partition coefficient (Wildman–Crippen LogP) is 3.84. The van der Waals surface area contributed by atoms with E-state index in [4.69, 9.17) is 16.3 Å². The number of hydrogen-bond donors (Lipinski definition) is 1. The second-order valence-corrected chi connectivity index (χ2v) is 5.58. The number of hydrogen-bond acceptors (Lipinski definition) is 3. The lowest BCUT2D eigenvalue weighted by Crippen LogP contribution is -2.20. The monoisotopic (exact) mass is 304 g/mol. The van der Waals surface area contributed by atoms with E-state index in [1.54, 1.807) is 7.11 Å². The quantitative estimate of drug-likeness (QED) is 0.650. The molecule has 21 heavy (non-hydrogen) atoms. The number of aromatic nitrogens is 1. The summed E-state index contributed by atoms with van der Waals surface area (Å²) in [5.74, 6) is 0. The molecule has 4 heteroatoms. The van der Waals surface area contributed by atoms with E-state index >= 15 is 0 Å². The molecule has 0 aliphatic rings. The van der Waals surface area contributed by atoms with Crippen LogP contribution in [0.25, 0.3) is 17.0 Å². The molecule has 0 radical (unpaired) electrons. The minimum Gasteiger partial charge on any atom is -0.383 e. The maximum atomic E-state index is 6.29. The second kappa shape index (κ2) is 7.55. The molecule has 0 aliphatic heterocycles. The van der Waals surface area contributed by atoms with Gasteiger partial charge in [-0.25, -0.2) is 4.98 Å². The molecule has 0 amide bonds. The van der Waals surface area contributed by atoms with Crippen LogP contribution in [0, 0.1) is 6.92 Å². The molecule has 0 saturated carbocycles. The number of fused-ring (bicyclic) bond motifs is 1. The van der Waals surface area contributed by atoms with E-state index in [2.05, 4.69) is 48.4 Å². The summed E-state index contributed by atoms with van der Waals surface area (Å²) in [6.45, 7) is 6.50. The summed E-state index contributed by atoms with van der Waals surface area (Å²) < 4.78 is 5.01. The number of methoxy groups -OCH3 is 1. The number of nitrogens with one attached hydrogen (secondary N) is 1. The Kier molecular flexibility index (Phi) is 5.74. The molecule has 1 heterocycles. The Morgan fingerprint density at radius 2 is 2.19 bits per heavy atom. The second-order valence-electron chi connectivity index (χ2n) is 5.22. The van der Waals surface area contributed by atoms with Gasteiger partial charge in [0, 0.05) is 31.1 Å². The number of aryl methyl sites for hydroxylation is 1. The van der Waals surface area contributed by atoms with Crippen molar-refractivity contribution in [2.75, 3.05) is 26.8 Å². The lowest BCUT2D eigenvalue weighted by molar-refractivity contribution is 0.200. The third-order valence-electron chi connectivity index (χ3n) is 3.24. The number of benzene rings is 1. The van der Waals surface area contributed by atoms with Gasteiger partial charge in [0.25, 0.3) is 0 Å². The van der Waals surface area contributed by atoms with Gasteiger partial charge in [-0.2, -0.15) is 0 Å². The minimum atomic E-state index is 0.546. The molecule has 112 valence electrons. The fraction of sp³-hybridized carbons (Fsp3) is 0.353. The predicted molar refractivity (Wildman–Crippen MR) is 89.9 cm³/mol. The highest BCUT2D eigenvalue weighted by Crippen LogP contribution is 2.23. The highest BCUT2D eigenvalue weighted by molar-refractivity contribution is 6.31. The summed E-state index contributed by atoms with van der Waals surface area (Å²) in [5.41, 5.74) is 4.29. The van der Waals surface area contributed by atoms with E-state index < -0.39 is 0 Å². The number of nitrogens with zero attached hydrogens (tertiary/aromatic N) is 1. The molecule has 0 spiro atoms. The Hall–Kier alpha value is -1.42. The van der Waals surface area contributed by atoms with Gasteiger partial charge in [-0.15, -0.1) is 0 Å². The van der Waals surface area contributed by atoms with Crippen molar-refractivity contribution < 1.29 is 4.74 Å². The van der Waals surface area contributed by atoms with Crippen LogP contribution in [0.5, 0.6) is 0 Å². The van der Waals surface area contributed by atoms with Crippen LogP contribution in [0.1, 0.15) is 18.1 Å². The van der Waals surface area contributed by atoms with Crippen LogP contribution in [0.2, 0.25) is 5.15 Å². The van der Waals surface area contributed by atoms with Crippen LogP contribution >= 0.6 is 11.6 Å². The fourth-order valence-corrected chi connectivity index (χ4v) is 2.35. The zero-order chi connectivity index (χ0) is 15.2. The van der Waals surface area contributed by atoms with Crippen LogP contribution in [0.4, 0.5) is 0 Å². The highest BCUT2D eigenvalue weighted by atomic mass is 35.5. The molecular weight excluding hydrogens is 284 g/mol. The molecule has 1 N–H and O–H groups in total. The van der Waals surface area contributed by atoms with Crippen molar-refractivity contribution in [1.82, 2.24) is 10.3 Å². The van der Waals surface area contributed by atoms with Crippen molar-refractivity contribution in [2.45, 2.75) is 13.8 Å². The Bertz CT molecular complexity index is 653. The van der Waals surface area contributed by atoms with Gasteiger partial charge < -0.3 is 10.1 Å². The normalized spacial score (nSPS) is 12.1. The Morgan fingerprint density at radius 1 is 1.38 bits per heavy atom. The lowest BCUT2D eigenvalue weighted by atomic mass is 10.1. The van der Waals surface area contributed by atoms with Crippen LogP contribution in [0.15, 0.2) is 29.8 Å². The van der Waals surface area contributed by atoms with E-state index in [0.717, 1.165) is 29.6 Å². The Morgan fingerprint density at radius 3 is 2.95 bits per heavy atom. The van der Waals surface area contributed by atoms with E-state index in [1.165, 1.54) is 11.1 Å². The van der Waals surface area contributed by atoms with Gasteiger partial charge >= 0.3 is 0 Å². The minimum absolute atomic E-state index is 0.546. The Labute approximate surface area is 131 Å². The van der Waals surface area contributed by atoms with E-state index in [1.807, 2.05) is 6.07 Å². The molecule has 1 aromatic heterocycles. The topological polar surface area (TPSA) is 34.1 Å². The molecule has 0 fully saturated rings. The third-order valence-corrected chi connectivity index (χ3v) is 3.55. The maximum absolute atomic E-state index is 6.29. The first-order chi connectivity index (χ1) is 10.1. The van der Waals surface area contributed by atoms with Crippen LogP contribution in [-0.2, 0) is 4.74 Å². The van der Waals surface area contributed by atoms with E-state index in [0.29, 0.717) is 11.8 Å². The third kappa shape index (κ3) is 4.53. The molecule has 2 aromatic rings. The van der Waals surface area contributed by atoms with Crippen LogP contribution < -0.4 is 5.32 Å². The number of halogens is 1. The lowest BCUT2D eigenvalue weighted by Gasteiger charge is -2.07. The van der Waals surface area contributed by atoms with Gasteiger partial charge in [0.15, 0.2) is 0 Å². The van der Waals surface area contributed by atoms with E-state index in [-0.39, 0.29) is 0 Å². The number of rotatable bonds is 6. The zero-order valence-corrected chi connectivity index (χ0v) is 13.5. The first-order valence-corrected chi connectivity index (χ1v) is 7.41. The Balaban J connectivity index is 2.17. The molecule has 0 bridgehead atoms. The molecule has 2 rings (SSSR count).